The quantitative estimate of drug-likeness (QED) is 0.401. The van der Waals surface area contributed by atoms with E-state index in [1.54, 1.807) is 0 Å². The fourth-order valence-corrected chi connectivity index (χ4v) is 4.21. The summed E-state index contributed by atoms with van der Waals surface area (Å²) in [6, 6.07) is 4.25. The summed E-state index contributed by atoms with van der Waals surface area (Å²) in [5, 5.41) is 8.47. The van der Waals surface area contributed by atoms with Gasteiger partial charge in [0.15, 0.2) is 5.78 Å². The highest BCUT2D eigenvalue weighted by atomic mass is 35.5. The minimum atomic E-state index is -4.42. The molecule has 0 radical (unpaired) electrons. The Morgan fingerprint density at radius 2 is 1.88 bits per heavy atom. The average Bonchev–Trinajstić information content (AvgIpc) is 2.56. The van der Waals surface area contributed by atoms with Crippen molar-refractivity contribution >= 4 is 73.6 Å². The van der Waals surface area contributed by atoms with Gasteiger partial charge in [0.25, 0.3) is 15.7 Å². The van der Waals surface area contributed by atoms with Gasteiger partial charge in [-0.1, -0.05) is 29.3 Å². The van der Waals surface area contributed by atoms with Crippen molar-refractivity contribution < 1.29 is 18.1 Å². The molecule has 0 amide bonds. The number of carbonyl (C=O) groups excluding carboxylic acids is 1. The van der Waals surface area contributed by atoms with Crippen LogP contribution in [0.25, 0.3) is 0 Å². The van der Waals surface area contributed by atoms with E-state index in [-0.39, 0.29) is 0 Å². The largest absolute Gasteiger partial charge is 0.291 e. The van der Waals surface area contributed by atoms with E-state index in [2.05, 4.69) is 4.40 Å². The molecule has 2 unspecified atom stereocenters. The predicted octanol–water partition coefficient (Wildman–Crippen LogP) is 3.60. The standard InChI is InChI=1S/C13H8Cl4N2O5S/c1-13(17)11(16)10(8(14)9(15)12(13)20)18-25(23,24)7-4-2-3-6(5-7)19(21)22/h2-5,11H,1H3. The number of hydrogen-bond acceptors (Lipinski definition) is 5. The van der Waals surface area contributed by atoms with Gasteiger partial charge in [0.05, 0.1) is 20.6 Å². The highest BCUT2D eigenvalue weighted by molar-refractivity contribution is 7.90. The molecule has 0 heterocycles. The van der Waals surface area contributed by atoms with Crippen LogP contribution in [0.3, 0.4) is 0 Å². The van der Waals surface area contributed by atoms with E-state index in [0.717, 1.165) is 18.2 Å². The van der Waals surface area contributed by atoms with Crippen molar-refractivity contribution in [1.82, 2.24) is 0 Å². The van der Waals surface area contributed by atoms with Crippen LogP contribution < -0.4 is 0 Å². The molecule has 2 atom stereocenters. The maximum Gasteiger partial charge on any atom is 0.282 e. The molecular weight excluding hydrogens is 438 g/mol. The summed E-state index contributed by atoms with van der Waals surface area (Å²) in [5.74, 6) is -0.771. The van der Waals surface area contributed by atoms with E-state index in [0.29, 0.717) is 0 Å². The summed E-state index contributed by atoms with van der Waals surface area (Å²) in [7, 11) is -4.42. The van der Waals surface area contributed by atoms with Gasteiger partial charge in [0, 0.05) is 12.1 Å². The van der Waals surface area contributed by atoms with Gasteiger partial charge in [-0.25, -0.2) is 0 Å². The molecule has 0 aromatic heterocycles. The lowest BCUT2D eigenvalue weighted by Crippen LogP contribution is -2.47. The molecule has 134 valence electrons. The molecule has 1 aliphatic carbocycles. The zero-order valence-corrected chi connectivity index (χ0v) is 16.1. The molecule has 7 nitrogen and oxygen atoms in total. The summed E-state index contributed by atoms with van der Waals surface area (Å²) < 4.78 is 28.4. The lowest BCUT2D eigenvalue weighted by atomic mass is 9.91. The fourth-order valence-electron chi connectivity index (χ4n) is 1.94. The third-order valence-corrected chi connectivity index (χ3v) is 6.59. The maximum absolute atomic E-state index is 12.4. The number of ketones is 1. The van der Waals surface area contributed by atoms with Gasteiger partial charge in [0.2, 0.25) is 0 Å². The van der Waals surface area contributed by atoms with Gasteiger partial charge in [-0.2, -0.15) is 12.8 Å². The molecule has 0 bridgehead atoms. The number of carbonyl (C=O) groups is 1. The Labute approximate surface area is 162 Å². The highest BCUT2D eigenvalue weighted by Crippen LogP contribution is 2.40. The SMILES string of the molecule is CC1(Cl)C(=O)C(Cl)=C(Cl)C(=NS(=O)(=O)c2cccc([N+](=O)[O-])c2)C1Cl. The molecule has 0 aliphatic heterocycles. The van der Waals surface area contributed by atoms with Crippen LogP contribution >= 0.6 is 46.4 Å². The number of nitrogens with zero attached hydrogens (tertiary/aromatic N) is 2. The Kier molecular flexibility index (Phi) is 5.51. The Morgan fingerprint density at radius 1 is 1.28 bits per heavy atom. The zero-order chi connectivity index (χ0) is 19.2. The van der Waals surface area contributed by atoms with Crippen molar-refractivity contribution in [3.05, 3.63) is 44.4 Å². The van der Waals surface area contributed by atoms with Crippen LogP contribution in [0.2, 0.25) is 0 Å². The van der Waals surface area contributed by atoms with Crippen LogP contribution in [0.5, 0.6) is 0 Å². The molecule has 0 fully saturated rings. The second-order valence-corrected chi connectivity index (χ2v) is 8.68. The van der Waals surface area contributed by atoms with E-state index in [9.17, 15) is 23.3 Å². The summed E-state index contributed by atoms with van der Waals surface area (Å²) in [6.45, 7) is 1.25. The second kappa shape index (κ2) is 6.85. The number of hydrogen-bond donors (Lipinski definition) is 0. The van der Waals surface area contributed by atoms with Crippen LogP contribution in [0.4, 0.5) is 5.69 Å². The number of rotatable bonds is 3. The first-order chi connectivity index (χ1) is 11.4. The molecule has 0 N–H and O–H groups in total. The van der Waals surface area contributed by atoms with Crippen LogP contribution in [0, 0.1) is 10.1 Å². The van der Waals surface area contributed by atoms with E-state index >= 15 is 0 Å². The first-order valence-electron chi connectivity index (χ1n) is 6.42. The molecule has 1 aromatic carbocycles. The number of non-ortho nitro benzene ring substituents is 1. The number of sulfonamides is 1. The lowest BCUT2D eigenvalue weighted by molar-refractivity contribution is -0.385. The summed E-state index contributed by atoms with van der Waals surface area (Å²) in [6.07, 6.45) is 0. The van der Waals surface area contributed by atoms with Gasteiger partial charge in [-0.05, 0) is 13.0 Å². The molecule has 2 rings (SSSR count). The van der Waals surface area contributed by atoms with Crippen LogP contribution in [-0.2, 0) is 14.8 Å². The second-order valence-electron chi connectivity index (χ2n) is 5.10. The van der Waals surface area contributed by atoms with E-state index < -0.39 is 57.3 Å². The molecule has 12 heteroatoms. The van der Waals surface area contributed by atoms with Crippen LogP contribution in [0.15, 0.2) is 43.6 Å². The smallest absolute Gasteiger partial charge is 0.282 e. The van der Waals surface area contributed by atoms with Gasteiger partial charge >= 0.3 is 0 Å². The number of nitro groups is 1. The van der Waals surface area contributed by atoms with Gasteiger partial charge in [-0.3, -0.25) is 14.9 Å². The number of alkyl halides is 2. The average molecular weight is 446 g/mol. The molecule has 1 aliphatic rings. The molecule has 0 spiro atoms. The van der Waals surface area contributed by atoms with E-state index in [1.165, 1.54) is 13.0 Å². The first-order valence-corrected chi connectivity index (χ1v) is 9.43. The molecule has 0 saturated carbocycles. The Bertz CT molecular complexity index is 939. The van der Waals surface area contributed by atoms with Crippen molar-refractivity contribution in [1.29, 1.82) is 0 Å². The van der Waals surface area contributed by atoms with Gasteiger partial charge < -0.3 is 0 Å². The lowest BCUT2D eigenvalue weighted by Gasteiger charge is -2.31. The monoisotopic (exact) mass is 444 g/mol. The third kappa shape index (κ3) is 3.68. The maximum atomic E-state index is 12.4. The predicted molar refractivity (Wildman–Crippen MR) is 95.4 cm³/mol. The van der Waals surface area contributed by atoms with Crippen molar-refractivity contribution in [2.24, 2.45) is 4.40 Å². The van der Waals surface area contributed by atoms with Crippen molar-refractivity contribution in [3.63, 3.8) is 0 Å². The molecule has 0 saturated heterocycles. The van der Waals surface area contributed by atoms with E-state index in [4.69, 9.17) is 46.4 Å². The minimum Gasteiger partial charge on any atom is -0.291 e. The zero-order valence-electron chi connectivity index (χ0n) is 12.2. The summed E-state index contributed by atoms with van der Waals surface area (Å²) in [4.78, 5) is 19.8. The number of halogens is 4. The minimum absolute atomic E-state index is 0.420. The summed E-state index contributed by atoms with van der Waals surface area (Å²) in [5.41, 5.74) is -0.860. The molecular formula is C13H8Cl4N2O5S. The number of nitro benzene ring substituents is 1. The van der Waals surface area contributed by atoms with E-state index in [1.807, 2.05) is 0 Å². The Morgan fingerprint density at radius 3 is 2.44 bits per heavy atom. The highest BCUT2D eigenvalue weighted by Gasteiger charge is 2.49. The van der Waals surface area contributed by atoms with Gasteiger partial charge in [-0.15, -0.1) is 23.2 Å². The third-order valence-electron chi connectivity index (χ3n) is 3.32. The van der Waals surface area contributed by atoms with Crippen LogP contribution in [-0.4, -0.2) is 35.1 Å². The van der Waals surface area contributed by atoms with Crippen molar-refractivity contribution in [3.8, 4) is 0 Å². The molecule has 25 heavy (non-hydrogen) atoms. The number of allylic oxidation sites excluding steroid dienone is 2. The number of Topliss-reactive ketones (excluding diaryl/α,β-unsaturated/α-hetero) is 1. The van der Waals surface area contributed by atoms with Crippen LogP contribution in [0.1, 0.15) is 6.92 Å². The van der Waals surface area contributed by atoms with Crippen molar-refractivity contribution in [2.45, 2.75) is 22.1 Å². The van der Waals surface area contributed by atoms with Crippen molar-refractivity contribution in [2.75, 3.05) is 0 Å². The number of benzene rings is 1. The fraction of sp³-hybridized carbons (Fsp3) is 0.231. The van der Waals surface area contributed by atoms with Gasteiger partial charge in [0.1, 0.15) is 15.3 Å². The molecule has 1 aromatic rings. The Balaban J connectivity index is 2.63. The Hall–Kier alpha value is -1.19. The first kappa shape index (κ1) is 20.1. The topological polar surface area (TPSA) is 107 Å². The normalized spacial score (nSPS) is 26.2. The summed E-state index contributed by atoms with van der Waals surface area (Å²) >= 11 is 23.8.